The second-order valence-corrected chi connectivity index (χ2v) is 12.5. The maximum absolute atomic E-state index is 12.5. The Bertz CT molecular complexity index is 743. The zero-order valence-electron chi connectivity index (χ0n) is 26.7. The lowest BCUT2D eigenvalue weighted by atomic mass is 9.96. The van der Waals surface area contributed by atoms with Gasteiger partial charge in [0.25, 0.3) is 0 Å². The smallest absolute Gasteiger partial charge is 0.222 e. The number of aliphatic hydroxyl groups excluding tert-OH is 7. The second-order valence-electron chi connectivity index (χ2n) is 12.5. The van der Waals surface area contributed by atoms with E-state index in [1.165, 1.54) is 83.5 Å². The van der Waals surface area contributed by atoms with E-state index < -0.39 is 74.6 Å². The fraction of sp³-hybridized carbons (Fsp3) is 0.969. The summed E-state index contributed by atoms with van der Waals surface area (Å²) in [5, 5.41) is 73.2. The molecular formula is C32H61NO11. The van der Waals surface area contributed by atoms with Crippen molar-refractivity contribution in [1.29, 1.82) is 0 Å². The fourth-order valence-electron chi connectivity index (χ4n) is 5.95. The minimum atomic E-state index is -1.74. The molecule has 0 radical (unpaired) electrons. The monoisotopic (exact) mass is 635 g/mol. The lowest BCUT2D eigenvalue weighted by molar-refractivity contribution is -0.343. The van der Waals surface area contributed by atoms with E-state index in [0.717, 1.165) is 19.3 Å². The minimum Gasteiger partial charge on any atom is -0.394 e. The highest BCUT2D eigenvalue weighted by atomic mass is 16.7. The topological polar surface area (TPSA) is 198 Å². The molecule has 0 saturated carbocycles. The largest absolute Gasteiger partial charge is 0.394 e. The average Bonchev–Trinajstić information content (AvgIpc) is 3.02. The van der Waals surface area contributed by atoms with Crippen molar-refractivity contribution in [1.82, 2.24) is 5.32 Å². The van der Waals surface area contributed by atoms with Gasteiger partial charge in [0.1, 0.15) is 48.8 Å². The molecule has 12 nitrogen and oxygen atoms in total. The molecule has 2 fully saturated rings. The van der Waals surface area contributed by atoms with Gasteiger partial charge in [-0.05, 0) is 6.42 Å². The van der Waals surface area contributed by atoms with E-state index in [1.807, 2.05) is 0 Å². The van der Waals surface area contributed by atoms with Crippen molar-refractivity contribution in [2.75, 3.05) is 13.2 Å². The third-order valence-corrected chi connectivity index (χ3v) is 8.81. The van der Waals surface area contributed by atoms with Crippen molar-refractivity contribution in [3.05, 3.63) is 0 Å². The lowest BCUT2D eigenvalue weighted by Gasteiger charge is -2.46. The number of hydrogen-bond donors (Lipinski definition) is 8. The standard InChI is InChI=1S/C32H61NO11/c1-2-3-4-5-6-7-8-9-10-11-12-13-14-15-16-17-18-19-24(36)33-31-28(40)27(39)30(23(21-35)42-31)44-32-29(41)26(38)25(37)22(20-34)43-32/h22-23,25-32,34-35,37-41H,2-21H2,1H3,(H,33,36)/t22-,23-,25-,26+,27-,28+,29+,30-,31-,32+/m1/s1. The fourth-order valence-corrected chi connectivity index (χ4v) is 5.95. The highest BCUT2D eigenvalue weighted by molar-refractivity contribution is 5.76. The number of carbonyl (C=O) groups excluding carboxylic acids is 1. The van der Waals surface area contributed by atoms with Crippen LogP contribution in [0.3, 0.4) is 0 Å². The van der Waals surface area contributed by atoms with Crippen molar-refractivity contribution in [3.63, 3.8) is 0 Å². The number of aliphatic hydroxyl groups is 7. The van der Waals surface area contributed by atoms with E-state index in [9.17, 15) is 40.5 Å². The molecule has 44 heavy (non-hydrogen) atoms. The van der Waals surface area contributed by atoms with E-state index >= 15 is 0 Å². The third kappa shape index (κ3) is 13.4. The van der Waals surface area contributed by atoms with Crippen molar-refractivity contribution >= 4 is 5.91 Å². The highest BCUT2D eigenvalue weighted by Gasteiger charge is 2.50. The normalized spacial score (nSPS) is 32.5. The van der Waals surface area contributed by atoms with Gasteiger partial charge in [0.2, 0.25) is 5.91 Å². The van der Waals surface area contributed by atoms with Gasteiger partial charge in [-0.15, -0.1) is 0 Å². The number of amides is 1. The average molecular weight is 636 g/mol. The summed E-state index contributed by atoms with van der Waals surface area (Å²) in [5.41, 5.74) is 0. The van der Waals surface area contributed by atoms with Crippen molar-refractivity contribution in [3.8, 4) is 0 Å². The molecular weight excluding hydrogens is 574 g/mol. The Kier molecular flexibility index (Phi) is 20.1. The van der Waals surface area contributed by atoms with Crippen LogP contribution >= 0.6 is 0 Å². The van der Waals surface area contributed by atoms with Crippen LogP contribution in [0.4, 0.5) is 0 Å². The summed E-state index contributed by atoms with van der Waals surface area (Å²) in [6.07, 6.45) is 6.31. The molecule has 1 amide bonds. The second kappa shape index (κ2) is 22.6. The predicted molar refractivity (Wildman–Crippen MR) is 163 cm³/mol. The molecule has 0 aromatic carbocycles. The first kappa shape index (κ1) is 39.2. The molecule has 2 saturated heterocycles. The van der Waals surface area contributed by atoms with Crippen LogP contribution in [-0.2, 0) is 19.0 Å². The number of carbonyl (C=O) groups is 1. The van der Waals surface area contributed by atoms with E-state index in [-0.39, 0.29) is 12.3 Å². The zero-order chi connectivity index (χ0) is 32.3. The molecule has 12 heteroatoms. The highest BCUT2D eigenvalue weighted by Crippen LogP contribution is 2.28. The molecule has 2 aliphatic heterocycles. The molecule has 0 unspecified atom stereocenters. The first-order valence-corrected chi connectivity index (χ1v) is 17.1. The van der Waals surface area contributed by atoms with E-state index in [1.54, 1.807) is 0 Å². The quantitative estimate of drug-likeness (QED) is 0.0762. The Morgan fingerprint density at radius 1 is 0.591 bits per heavy atom. The predicted octanol–water partition coefficient (Wildman–Crippen LogP) is 1.77. The summed E-state index contributed by atoms with van der Waals surface area (Å²) in [7, 11) is 0. The Morgan fingerprint density at radius 2 is 1.07 bits per heavy atom. The summed E-state index contributed by atoms with van der Waals surface area (Å²) in [6.45, 7) is 0.925. The van der Waals surface area contributed by atoms with Gasteiger partial charge in [-0.1, -0.05) is 110 Å². The molecule has 0 aliphatic carbocycles. The Balaban J connectivity index is 1.57. The zero-order valence-corrected chi connectivity index (χ0v) is 26.7. The molecule has 0 aromatic heterocycles. The van der Waals surface area contributed by atoms with Gasteiger partial charge in [-0.2, -0.15) is 0 Å². The number of ether oxygens (including phenoxy) is 3. The molecule has 0 spiro atoms. The Labute approximate surface area is 263 Å². The molecule has 2 aliphatic rings. The van der Waals surface area contributed by atoms with Gasteiger partial charge < -0.3 is 55.3 Å². The lowest BCUT2D eigenvalue weighted by Crippen LogP contribution is -2.66. The van der Waals surface area contributed by atoms with Crippen molar-refractivity contribution < 1.29 is 54.8 Å². The molecule has 260 valence electrons. The minimum absolute atomic E-state index is 0.232. The van der Waals surface area contributed by atoms with Crippen molar-refractivity contribution in [2.45, 2.75) is 184 Å². The molecule has 2 heterocycles. The molecule has 2 rings (SSSR count). The Morgan fingerprint density at radius 3 is 1.55 bits per heavy atom. The van der Waals surface area contributed by atoms with Crippen LogP contribution < -0.4 is 5.32 Å². The van der Waals surface area contributed by atoms with Gasteiger partial charge in [-0.3, -0.25) is 4.79 Å². The first-order valence-electron chi connectivity index (χ1n) is 17.1. The number of unbranched alkanes of at least 4 members (excludes halogenated alkanes) is 16. The summed E-state index contributed by atoms with van der Waals surface area (Å²) >= 11 is 0. The number of rotatable bonds is 23. The van der Waals surface area contributed by atoms with E-state index in [2.05, 4.69) is 12.2 Å². The molecule has 0 aromatic rings. The first-order chi connectivity index (χ1) is 21.2. The summed E-state index contributed by atoms with van der Waals surface area (Å²) in [4.78, 5) is 12.5. The van der Waals surface area contributed by atoms with Gasteiger partial charge in [0, 0.05) is 6.42 Å². The van der Waals surface area contributed by atoms with Crippen LogP contribution in [0.2, 0.25) is 0 Å². The maximum Gasteiger partial charge on any atom is 0.222 e. The van der Waals surface area contributed by atoms with E-state index in [4.69, 9.17) is 14.2 Å². The van der Waals surface area contributed by atoms with Gasteiger partial charge >= 0.3 is 0 Å². The van der Waals surface area contributed by atoms with Crippen LogP contribution in [0.25, 0.3) is 0 Å². The van der Waals surface area contributed by atoms with Gasteiger partial charge in [0.05, 0.1) is 13.2 Å². The SMILES string of the molecule is CCCCCCCCCCCCCCCCCCCC(=O)N[C@@H]1O[C@H](CO)[C@@H](O[C@@H]2O[C@H](CO)[C@@H](O)[C@H](O)[C@@H]2O)[C@H](O)[C@@H]1O. The van der Waals surface area contributed by atoms with Gasteiger partial charge in [-0.25, -0.2) is 0 Å². The summed E-state index contributed by atoms with van der Waals surface area (Å²) in [5.74, 6) is -0.354. The Hall–Kier alpha value is -0.930. The summed E-state index contributed by atoms with van der Waals surface area (Å²) < 4.78 is 16.4. The number of nitrogens with one attached hydrogen (secondary N) is 1. The number of hydrogen-bond acceptors (Lipinski definition) is 11. The van der Waals surface area contributed by atoms with Crippen LogP contribution in [0, 0.1) is 0 Å². The van der Waals surface area contributed by atoms with E-state index in [0.29, 0.717) is 6.42 Å². The third-order valence-electron chi connectivity index (χ3n) is 8.81. The molecule has 10 atom stereocenters. The molecule has 8 N–H and O–H groups in total. The van der Waals surface area contributed by atoms with Crippen LogP contribution in [-0.4, -0.2) is 116 Å². The van der Waals surface area contributed by atoms with Crippen LogP contribution in [0.15, 0.2) is 0 Å². The maximum atomic E-state index is 12.5. The van der Waals surface area contributed by atoms with Gasteiger partial charge in [0.15, 0.2) is 12.5 Å². The van der Waals surface area contributed by atoms with Crippen LogP contribution in [0.5, 0.6) is 0 Å². The molecule has 0 bridgehead atoms. The summed E-state index contributed by atoms with van der Waals surface area (Å²) in [6, 6.07) is 0. The van der Waals surface area contributed by atoms with Crippen molar-refractivity contribution in [2.24, 2.45) is 0 Å². The van der Waals surface area contributed by atoms with Crippen LogP contribution in [0.1, 0.15) is 122 Å².